The highest BCUT2D eigenvalue weighted by Gasteiger charge is 2.24. The van der Waals surface area contributed by atoms with E-state index in [0.717, 1.165) is 33.7 Å². The summed E-state index contributed by atoms with van der Waals surface area (Å²) in [5.41, 5.74) is 2.30. The van der Waals surface area contributed by atoms with Crippen LogP contribution in [0.3, 0.4) is 0 Å². The average Bonchev–Trinajstić information content (AvgIpc) is 2.96. The zero-order valence-corrected chi connectivity index (χ0v) is 11.7. The van der Waals surface area contributed by atoms with Gasteiger partial charge in [-0.05, 0) is 54.1 Å². The van der Waals surface area contributed by atoms with Crippen molar-refractivity contribution in [2.45, 2.75) is 18.9 Å². The molecule has 0 aliphatic heterocycles. The number of amides is 1. The Morgan fingerprint density at radius 2 is 2.10 bits per heavy atom. The lowest BCUT2D eigenvalue weighted by molar-refractivity contribution is 0.0955. The molecule has 0 radical (unpaired) electrons. The normalized spacial score (nSPS) is 14.6. The van der Waals surface area contributed by atoms with E-state index in [1.165, 1.54) is 5.39 Å². The number of carbonyl (C=O) groups is 1. The number of thiophene rings is 1. The molecule has 100 valence electrons. The van der Waals surface area contributed by atoms with Gasteiger partial charge in [0.15, 0.2) is 0 Å². The van der Waals surface area contributed by atoms with Crippen LogP contribution in [0.1, 0.15) is 22.5 Å². The van der Waals surface area contributed by atoms with Gasteiger partial charge in [0.25, 0.3) is 5.91 Å². The second-order valence-corrected chi connectivity index (χ2v) is 6.28. The lowest BCUT2D eigenvalue weighted by Crippen LogP contribution is -2.24. The first-order valence-electron chi connectivity index (χ1n) is 6.78. The van der Waals surface area contributed by atoms with Gasteiger partial charge < -0.3 is 10.3 Å². The van der Waals surface area contributed by atoms with E-state index in [2.05, 4.69) is 34.6 Å². The zero-order chi connectivity index (χ0) is 13.5. The first-order valence-corrected chi connectivity index (χ1v) is 7.59. The smallest absolute Gasteiger partial charge is 0.261 e. The van der Waals surface area contributed by atoms with E-state index in [0.29, 0.717) is 6.04 Å². The molecule has 4 heteroatoms. The van der Waals surface area contributed by atoms with E-state index < -0.39 is 0 Å². The molecule has 20 heavy (non-hydrogen) atoms. The molecular weight excluding hydrogens is 268 g/mol. The minimum absolute atomic E-state index is 0.0615. The van der Waals surface area contributed by atoms with Crippen LogP contribution in [0, 0.1) is 0 Å². The number of benzene rings is 1. The van der Waals surface area contributed by atoms with Crippen LogP contribution in [0.4, 0.5) is 0 Å². The standard InChI is InChI=1S/C16H14N2OS/c19-16(18-12-2-3-12)15-6-5-14(20-15)11-1-4-13-10(9-11)7-8-17-13/h1,4-9,12,17H,2-3H2,(H,18,19). The SMILES string of the molecule is O=C(NC1CC1)c1ccc(-c2ccc3[nH]ccc3c2)s1. The molecule has 1 aliphatic rings. The van der Waals surface area contributed by atoms with E-state index >= 15 is 0 Å². The van der Waals surface area contributed by atoms with Gasteiger partial charge in [0.05, 0.1) is 4.88 Å². The number of aromatic nitrogens is 1. The molecule has 3 aromatic rings. The summed E-state index contributed by atoms with van der Waals surface area (Å²) >= 11 is 1.55. The number of fused-ring (bicyclic) bond motifs is 1. The molecule has 0 saturated heterocycles. The van der Waals surface area contributed by atoms with Crippen LogP contribution in [0.25, 0.3) is 21.3 Å². The molecule has 1 saturated carbocycles. The highest BCUT2D eigenvalue weighted by Crippen LogP contribution is 2.30. The van der Waals surface area contributed by atoms with Crippen molar-refractivity contribution in [1.29, 1.82) is 0 Å². The van der Waals surface area contributed by atoms with E-state index in [9.17, 15) is 4.79 Å². The highest BCUT2D eigenvalue weighted by molar-refractivity contribution is 7.17. The summed E-state index contributed by atoms with van der Waals surface area (Å²) in [5, 5.41) is 4.22. The van der Waals surface area contributed by atoms with E-state index in [-0.39, 0.29) is 5.91 Å². The van der Waals surface area contributed by atoms with Gasteiger partial charge in [-0.3, -0.25) is 4.79 Å². The summed E-state index contributed by atoms with van der Waals surface area (Å²) in [5.74, 6) is 0.0615. The maximum atomic E-state index is 12.0. The molecule has 3 nitrogen and oxygen atoms in total. The van der Waals surface area contributed by atoms with Crippen molar-refractivity contribution in [2.24, 2.45) is 0 Å². The van der Waals surface area contributed by atoms with Crippen molar-refractivity contribution in [1.82, 2.24) is 10.3 Å². The van der Waals surface area contributed by atoms with E-state index in [1.54, 1.807) is 11.3 Å². The van der Waals surface area contributed by atoms with Gasteiger partial charge in [-0.15, -0.1) is 11.3 Å². The predicted molar refractivity (Wildman–Crippen MR) is 82.1 cm³/mol. The molecule has 2 aromatic heterocycles. The minimum atomic E-state index is 0.0615. The summed E-state index contributed by atoms with van der Waals surface area (Å²) in [6.45, 7) is 0. The maximum Gasteiger partial charge on any atom is 0.261 e. The van der Waals surface area contributed by atoms with Gasteiger partial charge in [0, 0.05) is 22.6 Å². The molecule has 0 unspecified atom stereocenters. The molecule has 2 heterocycles. The average molecular weight is 282 g/mol. The second-order valence-electron chi connectivity index (χ2n) is 5.19. The van der Waals surface area contributed by atoms with Crippen LogP contribution < -0.4 is 5.32 Å². The number of nitrogens with one attached hydrogen (secondary N) is 2. The Hall–Kier alpha value is -2.07. The highest BCUT2D eigenvalue weighted by atomic mass is 32.1. The first kappa shape index (κ1) is 11.7. The fourth-order valence-electron chi connectivity index (χ4n) is 2.31. The largest absolute Gasteiger partial charge is 0.361 e. The summed E-state index contributed by atoms with van der Waals surface area (Å²) in [6, 6.07) is 12.7. The van der Waals surface area contributed by atoms with Crippen molar-refractivity contribution in [3.05, 3.63) is 47.5 Å². The quantitative estimate of drug-likeness (QED) is 0.754. The number of aromatic amines is 1. The van der Waals surface area contributed by atoms with Gasteiger partial charge in [-0.2, -0.15) is 0 Å². The Morgan fingerprint density at radius 3 is 2.95 bits per heavy atom. The van der Waals surface area contributed by atoms with Gasteiger partial charge in [-0.1, -0.05) is 6.07 Å². The van der Waals surface area contributed by atoms with Crippen molar-refractivity contribution in [3.63, 3.8) is 0 Å². The number of hydrogen-bond donors (Lipinski definition) is 2. The third-order valence-electron chi connectivity index (χ3n) is 3.58. The Bertz CT molecular complexity index is 782. The number of hydrogen-bond acceptors (Lipinski definition) is 2. The third-order valence-corrected chi connectivity index (χ3v) is 4.71. The molecule has 0 bridgehead atoms. The fourth-order valence-corrected chi connectivity index (χ4v) is 3.21. The lowest BCUT2D eigenvalue weighted by atomic mass is 10.1. The molecule has 1 aromatic carbocycles. The molecule has 1 aliphatic carbocycles. The van der Waals surface area contributed by atoms with Gasteiger partial charge in [0.2, 0.25) is 0 Å². The van der Waals surface area contributed by atoms with Crippen LogP contribution in [-0.4, -0.2) is 16.9 Å². The molecule has 1 fully saturated rings. The summed E-state index contributed by atoms with van der Waals surface area (Å²) in [4.78, 5) is 17.1. The summed E-state index contributed by atoms with van der Waals surface area (Å²) < 4.78 is 0. The Morgan fingerprint density at radius 1 is 1.20 bits per heavy atom. The predicted octanol–water partition coefficient (Wildman–Crippen LogP) is 3.79. The Balaban J connectivity index is 1.64. The lowest BCUT2D eigenvalue weighted by Gasteiger charge is -2.00. The Labute approximate surface area is 120 Å². The molecular formula is C16H14N2OS. The third kappa shape index (κ3) is 2.12. The molecule has 0 spiro atoms. The van der Waals surface area contributed by atoms with Gasteiger partial charge in [0.1, 0.15) is 0 Å². The summed E-state index contributed by atoms with van der Waals surface area (Å²) in [6.07, 6.45) is 4.18. The van der Waals surface area contributed by atoms with Crippen LogP contribution in [0.5, 0.6) is 0 Å². The first-order chi connectivity index (χ1) is 9.79. The van der Waals surface area contributed by atoms with E-state index in [1.807, 2.05) is 18.3 Å². The van der Waals surface area contributed by atoms with Crippen molar-refractivity contribution < 1.29 is 4.79 Å². The Kier molecular flexibility index (Phi) is 2.63. The van der Waals surface area contributed by atoms with Crippen LogP contribution in [0.15, 0.2) is 42.6 Å². The molecule has 1 amide bonds. The monoisotopic (exact) mass is 282 g/mol. The molecule has 0 atom stereocenters. The van der Waals surface area contributed by atoms with Crippen molar-refractivity contribution in [2.75, 3.05) is 0 Å². The van der Waals surface area contributed by atoms with Gasteiger partial charge in [-0.25, -0.2) is 0 Å². The van der Waals surface area contributed by atoms with Crippen LogP contribution in [0.2, 0.25) is 0 Å². The molecule has 2 N–H and O–H groups in total. The maximum absolute atomic E-state index is 12.0. The van der Waals surface area contributed by atoms with Gasteiger partial charge >= 0.3 is 0 Å². The zero-order valence-electron chi connectivity index (χ0n) is 10.8. The number of H-pyrrole nitrogens is 1. The van der Waals surface area contributed by atoms with Crippen LogP contribution in [-0.2, 0) is 0 Å². The van der Waals surface area contributed by atoms with E-state index in [4.69, 9.17) is 0 Å². The number of rotatable bonds is 3. The van der Waals surface area contributed by atoms with Crippen molar-refractivity contribution in [3.8, 4) is 10.4 Å². The minimum Gasteiger partial charge on any atom is -0.361 e. The molecule has 4 rings (SSSR count). The summed E-state index contributed by atoms with van der Waals surface area (Å²) in [7, 11) is 0. The van der Waals surface area contributed by atoms with Crippen molar-refractivity contribution >= 4 is 28.1 Å². The fraction of sp³-hybridized carbons (Fsp3) is 0.188. The topological polar surface area (TPSA) is 44.9 Å². The number of carbonyl (C=O) groups excluding carboxylic acids is 1. The second kappa shape index (κ2) is 4.49. The van der Waals surface area contributed by atoms with Crippen LogP contribution >= 0.6 is 11.3 Å².